The lowest BCUT2D eigenvalue weighted by Crippen LogP contribution is -2.46. The molecular formula is C26H30BrN5O4. The number of morpholine rings is 1. The third-order valence-corrected chi connectivity index (χ3v) is 7.11. The fourth-order valence-electron chi connectivity index (χ4n) is 4.63. The molecule has 2 aliphatic heterocycles. The van der Waals surface area contributed by atoms with Crippen molar-refractivity contribution in [2.24, 2.45) is 0 Å². The zero-order chi connectivity index (χ0) is 24.9. The van der Waals surface area contributed by atoms with Gasteiger partial charge in [0, 0.05) is 60.9 Å². The maximum absolute atomic E-state index is 11.9. The number of ether oxygens (including phenoxy) is 3. The minimum atomic E-state index is 0.0338. The number of anilines is 2. The van der Waals surface area contributed by atoms with E-state index in [1.54, 1.807) is 13.4 Å². The van der Waals surface area contributed by atoms with Crippen LogP contribution in [-0.4, -0.2) is 87.0 Å². The molecule has 36 heavy (non-hydrogen) atoms. The molecule has 3 aromatic rings. The molecule has 5 rings (SSSR count). The number of amides is 1. The van der Waals surface area contributed by atoms with E-state index in [4.69, 9.17) is 14.2 Å². The highest BCUT2D eigenvalue weighted by Gasteiger charge is 2.22. The van der Waals surface area contributed by atoms with Gasteiger partial charge in [-0.15, -0.1) is 0 Å². The normalized spacial score (nSPS) is 16.5. The molecule has 1 aromatic heterocycles. The van der Waals surface area contributed by atoms with Crippen molar-refractivity contribution in [2.45, 2.75) is 6.42 Å². The van der Waals surface area contributed by atoms with Crippen molar-refractivity contribution in [3.63, 3.8) is 0 Å². The van der Waals surface area contributed by atoms with Gasteiger partial charge in [-0.25, -0.2) is 9.97 Å². The van der Waals surface area contributed by atoms with Crippen LogP contribution in [0, 0.1) is 0 Å². The average Bonchev–Trinajstić information content (AvgIpc) is 2.92. The van der Waals surface area contributed by atoms with Gasteiger partial charge in [0.15, 0.2) is 11.5 Å². The average molecular weight is 556 g/mol. The molecule has 3 heterocycles. The second-order valence-corrected chi connectivity index (χ2v) is 9.72. The maximum Gasteiger partial charge on any atom is 0.248 e. The Morgan fingerprint density at radius 3 is 2.53 bits per heavy atom. The molecular weight excluding hydrogens is 526 g/mol. The smallest absolute Gasteiger partial charge is 0.248 e. The molecule has 2 saturated heterocycles. The Balaban J connectivity index is 1.27. The van der Waals surface area contributed by atoms with Crippen LogP contribution in [0.4, 0.5) is 11.5 Å². The minimum Gasteiger partial charge on any atom is -0.493 e. The van der Waals surface area contributed by atoms with Crippen LogP contribution >= 0.6 is 15.9 Å². The molecule has 0 saturated carbocycles. The van der Waals surface area contributed by atoms with E-state index in [9.17, 15) is 4.79 Å². The Hall–Kier alpha value is -3.11. The molecule has 2 aliphatic rings. The number of rotatable bonds is 8. The number of piperazine rings is 1. The van der Waals surface area contributed by atoms with Crippen molar-refractivity contribution in [3.05, 3.63) is 47.2 Å². The molecule has 9 nitrogen and oxygen atoms in total. The van der Waals surface area contributed by atoms with Crippen molar-refractivity contribution in [1.82, 2.24) is 14.9 Å². The lowest BCUT2D eigenvalue weighted by atomic mass is 10.1. The van der Waals surface area contributed by atoms with Gasteiger partial charge in [-0.1, -0.05) is 15.9 Å². The van der Waals surface area contributed by atoms with Gasteiger partial charge < -0.3 is 28.9 Å². The highest BCUT2D eigenvalue weighted by atomic mass is 79.9. The predicted molar refractivity (Wildman–Crippen MR) is 142 cm³/mol. The zero-order valence-corrected chi connectivity index (χ0v) is 21.9. The highest BCUT2D eigenvalue weighted by molar-refractivity contribution is 9.10. The number of benzene rings is 2. The standard InChI is InChI=1S/C26H30BrN5O4/c1-34-23-16-22-21(15-24(23)36-13-2-7-31-12-14-35-17-25(31)33)26(29-18-28-22)32-10-8-30(9-11-32)20-5-3-19(27)4-6-20/h3-6,15-16,18H,2,7-14,17H2,1H3. The molecule has 0 atom stereocenters. The Bertz CT molecular complexity index is 1200. The number of hydrogen-bond donors (Lipinski definition) is 0. The third kappa shape index (κ3) is 5.49. The van der Waals surface area contributed by atoms with E-state index in [1.165, 1.54) is 5.69 Å². The monoisotopic (exact) mass is 555 g/mol. The van der Waals surface area contributed by atoms with Gasteiger partial charge in [0.05, 0.1) is 25.8 Å². The van der Waals surface area contributed by atoms with Gasteiger partial charge in [0.2, 0.25) is 5.91 Å². The predicted octanol–water partition coefficient (Wildman–Crippen LogP) is 3.36. The Morgan fingerprint density at radius 1 is 1.00 bits per heavy atom. The molecule has 190 valence electrons. The summed E-state index contributed by atoms with van der Waals surface area (Å²) in [5.74, 6) is 2.23. The van der Waals surface area contributed by atoms with Crippen LogP contribution in [0.1, 0.15) is 6.42 Å². The summed E-state index contributed by atoms with van der Waals surface area (Å²) in [5.41, 5.74) is 2.04. The number of nitrogens with zero attached hydrogens (tertiary/aromatic N) is 5. The van der Waals surface area contributed by atoms with Crippen LogP contribution in [0.25, 0.3) is 10.9 Å². The van der Waals surface area contributed by atoms with Gasteiger partial charge in [0.25, 0.3) is 0 Å². The summed E-state index contributed by atoms with van der Waals surface area (Å²) in [7, 11) is 1.63. The Kier molecular flexibility index (Phi) is 7.72. The van der Waals surface area contributed by atoms with Crippen molar-refractivity contribution in [3.8, 4) is 11.5 Å². The molecule has 1 amide bonds. The zero-order valence-electron chi connectivity index (χ0n) is 20.4. The minimum absolute atomic E-state index is 0.0338. The Labute approximate surface area is 219 Å². The SMILES string of the molecule is COc1cc2ncnc(N3CCN(c4ccc(Br)cc4)CC3)c2cc1OCCCN1CCOCC1=O. The maximum atomic E-state index is 11.9. The first kappa shape index (κ1) is 24.6. The van der Waals surface area contributed by atoms with Crippen LogP contribution in [0.5, 0.6) is 11.5 Å². The van der Waals surface area contributed by atoms with Crippen molar-refractivity contribution < 1.29 is 19.0 Å². The van der Waals surface area contributed by atoms with Crippen LogP contribution in [0.3, 0.4) is 0 Å². The van der Waals surface area contributed by atoms with Crippen molar-refractivity contribution in [2.75, 3.05) is 76.0 Å². The van der Waals surface area contributed by atoms with E-state index < -0.39 is 0 Å². The van der Waals surface area contributed by atoms with Crippen LogP contribution in [0.15, 0.2) is 47.2 Å². The summed E-state index contributed by atoms with van der Waals surface area (Å²) in [6, 6.07) is 12.3. The summed E-state index contributed by atoms with van der Waals surface area (Å²) in [5, 5.41) is 0.939. The Morgan fingerprint density at radius 2 is 1.78 bits per heavy atom. The first-order valence-corrected chi connectivity index (χ1v) is 13.0. The molecule has 10 heteroatoms. The second kappa shape index (κ2) is 11.3. The topological polar surface area (TPSA) is 80.3 Å². The quantitative estimate of drug-likeness (QED) is 0.391. The van der Waals surface area contributed by atoms with Gasteiger partial charge in [0.1, 0.15) is 18.8 Å². The van der Waals surface area contributed by atoms with Crippen molar-refractivity contribution in [1.29, 1.82) is 0 Å². The largest absolute Gasteiger partial charge is 0.493 e. The molecule has 2 aromatic carbocycles. The highest BCUT2D eigenvalue weighted by Crippen LogP contribution is 2.35. The number of carbonyl (C=O) groups excluding carboxylic acids is 1. The summed E-state index contributed by atoms with van der Waals surface area (Å²) in [6.45, 7) is 6.05. The van der Waals surface area contributed by atoms with E-state index >= 15 is 0 Å². The number of carbonyl (C=O) groups is 1. The van der Waals surface area contributed by atoms with Gasteiger partial charge in [-0.3, -0.25) is 4.79 Å². The molecule has 0 spiro atoms. The molecule has 0 N–H and O–H groups in total. The fourth-order valence-corrected chi connectivity index (χ4v) is 4.89. The van der Waals surface area contributed by atoms with Gasteiger partial charge in [-0.2, -0.15) is 0 Å². The van der Waals surface area contributed by atoms with Gasteiger partial charge >= 0.3 is 0 Å². The van der Waals surface area contributed by atoms with Crippen LogP contribution in [-0.2, 0) is 9.53 Å². The molecule has 2 fully saturated rings. The van der Waals surface area contributed by atoms with E-state index in [0.717, 1.165) is 53.8 Å². The summed E-state index contributed by atoms with van der Waals surface area (Å²) < 4.78 is 18.0. The first-order chi connectivity index (χ1) is 17.6. The number of methoxy groups -OCH3 is 1. The van der Waals surface area contributed by atoms with E-state index in [-0.39, 0.29) is 12.5 Å². The lowest BCUT2D eigenvalue weighted by Gasteiger charge is -2.37. The van der Waals surface area contributed by atoms with E-state index in [1.807, 2.05) is 17.0 Å². The van der Waals surface area contributed by atoms with Crippen LogP contribution < -0.4 is 19.3 Å². The first-order valence-electron chi connectivity index (χ1n) is 12.2. The number of fused-ring (bicyclic) bond motifs is 1. The molecule has 0 aliphatic carbocycles. The molecule has 0 unspecified atom stereocenters. The van der Waals surface area contributed by atoms with Gasteiger partial charge in [-0.05, 0) is 36.8 Å². The van der Waals surface area contributed by atoms with Crippen LogP contribution in [0.2, 0.25) is 0 Å². The number of aromatic nitrogens is 2. The summed E-state index contributed by atoms with van der Waals surface area (Å²) in [4.78, 5) is 27.6. The molecule has 0 bridgehead atoms. The fraction of sp³-hybridized carbons (Fsp3) is 0.423. The third-order valence-electron chi connectivity index (χ3n) is 6.58. The van der Waals surface area contributed by atoms with E-state index in [0.29, 0.717) is 37.8 Å². The second-order valence-electron chi connectivity index (χ2n) is 8.80. The lowest BCUT2D eigenvalue weighted by molar-refractivity contribution is -0.142. The summed E-state index contributed by atoms with van der Waals surface area (Å²) >= 11 is 3.51. The molecule has 0 radical (unpaired) electrons. The van der Waals surface area contributed by atoms with Crippen molar-refractivity contribution >= 4 is 44.2 Å². The number of halogens is 1. The van der Waals surface area contributed by atoms with E-state index in [2.05, 4.69) is 60.0 Å². The number of hydrogen-bond acceptors (Lipinski definition) is 8. The summed E-state index contributed by atoms with van der Waals surface area (Å²) in [6.07, 6.45) is 2.33.